The summed E-state index contributed by atoms with van der Waals surface area (Å²) in [5, 5.41) is 12.5. The number of carboxylic acid groups (broad SMARTS) is 1. The van der Waals surface area contributed by atoms with E-state index in [-0.39, 0.29) is 5.69 Å². The van der Waals surface area contributed by atoms with Crippen molar-refractivity contribution in [2.75, 3.05) is 0 Å². The number of carboxylic acids is 1. The van der Waals surface area contributed by atoms with Gasteiger partial charge in [0.1, 0.15) is 5.82 Å². The highest BCUT2D eigenvalue weighted by Crippen LogP contribution is 2.08. The van der Waals surface area contributed by atoms with E-state index in [0.29, 0.717) is 5.69 Å². The van der Waals surface area contributed by atoms with E-state index in [2.05, 4.69) is 10.1 Å². The minimum atomic E-state index is -1.43. The highest BCUT2D eigenvalue weighted by atomic mass is 19.1. The topological polar surface area (TPSA) is 85.1 Å². The molecule has 0 radical (unpaired) electrons. The summed E-state index contributed by atoms with van der Waals surface area (Å²) in [5.41, 5.74) is -0.683. The Morgan fingerprint density at radius 3 is 2.72 bits per heavy atom. The number of aromatic carboxylic acids is 1. The molecule has 0 saturated carbocycles. The van der Waals surface area contributed by atoms with E-state index < -0.39 is 22.9 Å². The molecule has 0 aliphatic rings. The van der Waals surface area contributed by atoms with E-state index in [1.807, 2.05) is 0 Å². The number of nitrogens with zero attached hydrogens (tertiary/aromatic N) is 3. The molecule has 18 heavy (non-hydrogen) atoms. The maximum atomic E-state index is 13.0. The molecule has 0 atom stereocenters. The van der Waals surface area contributed by atoms with Crippen LogP contribution in [-0.4, -0.2) is 25.8 Å². The highest BCUT2D eigenvalue weighted by Gasteiger charge is 2.14. The molecule has 1 N–H and O–H groups in total. The Labute approximate surface area is 100 Å². The van der Waals surface area contributed by atoms with Crippen LogP contribution in [0.15, 0.2) is 29.3 Å². The lowest BCUT2D eigenvalue weighted by Gasteiger charge is -2.09. The second-order valence-corrected chi connectivity index (χ2v) is 3.58. The number of rotatable bonds is 2. The van der Waals surface area contributed by atoms with Gasteiger partial charge in [0.05, 0.1) is 18.1 Å². The summed E-state index contributed by atoms with van der Waals surface area (Å²) in [7, 11) is 0. The molecule has 2 rings (SSSR count). The second-order valence-electron chi connectivity index (χ2n) is 3.58. The molecule has 0 spiro atoms. The first kappa shape index (κ1) is 11.9. The van der Waals surface area contributed by atoms with Gasteiger partial charge in [-0.25, -0.2) is 13.9 Å². The van der Waals surface area contributed by atoms with Crippen molar-refractivity contribution in [3.05, 3.63) is 52.0 Å². The van der Waals surface area contributed by atoms with Gasteiger partial charge in [-0.2, -0.15) is 5.10 Å². The predicted octanol–water partition coefficient (Wildman–Crippen LogP) is 0.773. The highest BCUT2D eigenvalue weighted by molar-refractivity contribution is 5.84. The van der Waals surface area contributed by atoms with Crippen molar-refractivity contribution in [2.45, 2.75) is 6.92 Å². The summed E-state index contributed by atoms with van der Waals surface area (Å²) >= 11 is 0. The smallest absolute Gasteiger partial charge is 0.360 e. The molecule has 2 aromatic heterocycles. The molecule has 92 valence electrons. The summed E-state index contributed by atoms with van der Waals surface area (Å²) < 4.78 is 14.2. The van der Waals surface area contributed by atoms with Crippen LogP contribution in [0.5, 0.6) is 0 Å². The van der Waals surface area contributed by atoms with Crippen LogP contribution < -0.4 is 5.43 Å². The molecule has 7 heteroatoms. The van der Waals surface area contributed by atoms with Crippen molar-refractivity contribution < 1.29 is 14.3 Å². The molecule has 0 unspecified atom stereocenters. The monoisotopic (exact) mass is 249 g/mol. The van der Waals surface area contributed by atoms with Gasteiger partial charge < -0.3 is 5.11 Å². The van der Waals surface area contributed by atoms with Gasteiger partial charge in [-0.15, -0.1) is 0 Å². The van der Waals surface area contributed by atoms with E-state index in [4.69, 9.17) is 5.11 Å². The van der Waals surface area contributed by atoms with Crippen LogP contribution in [0, 0.1) is 12.7 Å². The third kappa shape index (κ3) is 2.10. The molecule has 0 aliphatic carbocycles. The van der Waals surface area contributed by atoms with Crippen molar-refractivity contribution in [1.82, 2.24) is 14.8 Å². The van der Waals surface area contributed by atoms with Crippen LogP contribution in [0.3, 0.4) is 0 Å². The lowest BCUT2D eigenvalue weighted by atomic mass is 10.3. The Hall–Kier alpha value is -2.57. The van der Waals surface area contributed by atoms with E-state index in [1.165, 1.54) is 6.20 Å². The molecule has 6 nitrogen and oxygen atoms in total. The number of pyridine rings is 1. The molecular formula is C11H8FN3O3. The lowest BCUT2D eigenvalue weighted by molar-refractivity contribution is 0.0686. The van der Waals surface area contributed by atoms with E-state index in [9.17, 15) is 14.0 Å². The fraction of sp³-hybridized carbons (Fsp3) is 0.0909. The normalized spacial score (nSPS) is 10.3. The third-order valence-corrected chi connectivity index (χ3v) is 2.25. The van der Waals surface area contributed by atoms with Gasteiger partial charge in [0.15, 0.2) is 0 Å². The predicted molar refractivity (Wildman–Crippen MR) is 59.3 cm³/mol. The van der Waals surface area contributed by atoms with Crippen molar-refractivity contribution >= 4 is 5.97 Å². The van der Waals surface area contributed by atoms with Crippen LogP contribution in [0.25, 0.3) is 5.69 Å². The minimum absolute atomic E-state index is 0.245. The fourth-order valence-electron chi connectivity index (χ4n) is 1.47. The lowest BCUT2D eigenvalue weighted by Crippen LogP contribution is -2.22. The number of aryl methyl sites for hydroxylation is 1. The Bertz CT molecular complexity index is 681. The maximum Gasteiger partial charge on any atom is 0.360 e. The van der Waals surface area contributed by atoms with Gasteiger partial charge in [0.2, 0.25) is 11.1 Å². The quantitative estimate of drug-likeness (QED) is 0.849. The van der Waals surface area contributed by atoms with Gasteiger partial charge in [0, 0.05) is 17.8 Å². The standard InChI is InChI=1S/C11H8FN3O3/c1-6-2-9(16)10(11(17)18)14-15(6)8-3-7(12)4-13-5-8/h2-5H,1H3,(H,17,18). The molecule has 0 fully saturated rings. The molecule has 0 bridgehead atoms. The minimum Gasteiger partial charge on any atom is -0.476 e. The third-order valence-electron chi connectivity index (χ3n) is 2.25. The number of carbonyl (C=O) groups is 1. The summed E-state index contributed by atoms with van der Waals surface area (Å²) in [4.78, 5) is 25.8. The van der Waals surface area contributed by atoms with Crippen molar-refractivity contribution in [2.24, 2.45) is 0 Å². The largest absolute Gasteiger partial charge is 0.476 e. The molecule has 0 amide bonds. The summed E-state index contributed by atoms with van der Waals surface area (Å²) in [6.07, 6.45) is 2.33. The van der Waals surface area contributed by atoms with Crippen LogP contribution in [0.2, 0.25) is 0 Å². The second kappa shape index (κ2) is 4.36. The van der Waals surface area contributed by atoms with Crippen LogP contribution in [-0.2, 0) is 0 Å². The average molecular weight is 249 g/mol. The van der Waals surface area contributed by atoms with Crippen molar-refractivity contribution in [3.8, 4) is 5.69 Å². The van der Waals surface area contributed by atoms with E-state index in [1.54, 1.807) is 6.92 Å². The Kier molecular flexibility index (Phi) is 2.88. The number of hydrogen-bond donors (Lipinski definition) is 1. The zero-order valence-corrected chi connectivity index (χ0v) is 9.29. The fourth-order valence-corrected chi connectivity index (χ4v) is 1.47. The Balaban J connectivity index is 2.68. The van der Waals surface area contributed by atoms with Crippen molar-refractivity contribution in [1.29, 1.82) is 0 Å². The maximum absolute atomic E-state index is 13.0. The first-order valence-electron chi connectivity index (χ1n) is 4.94. The van der Waals surface area contributed by atoms with Gasteiger partial charge in [0.25, 0.3) is 0 Å². The van der Waals surface area contributed by atoms with Crippen molar-refractivity contribution in [3.63, 3.8) is 0 Å². The SMILES string of the molecule is Cc1cc(=O)c(C(=O)O)nn1-c1cncc(F)c1. The van der Waals surface area contributed by atoms with Gasteiger partial charge in [-0.3, -0.25) is 9.78 Å². The number of aromatic nitrogens is 3. The number of halogens is 1. The van der Waals surface area contributed by atoms with E-state index >= 15 is 0 Å². The van der Waals surface area contributed by atoms with Crippen LogP contribution >= 0.6 is 0 Å². The molecule has 0 aliphatic heterocycles. The summed E-state index contributed by atoms with van der Waals surface area (Å²) in [6, 6.07) is 2.27. The first-order chi connectivity index (χ1) is 8.49. The summed E-state index contributed by atoms with van der Waals surface area (Å²) in [5.74, 6) is -2.01. The van der Waals surface area contributed by atoms with Gasteiger partial charge >= 0.3 is 5.97 Å². The zero-order valence-electron chi connectivity index (χ0n) is 9.29. The molecule has 0 saturated heterocycles. The average Bonchev–Trinajstić information content (AvgIpc) is 2.28. The molecule has 2 aromatic rings. The zero-order chi connectivity index (χ0) is 13.3. The van der Waals surface area contributed by atoms with E-state index in [0.717, 1.165) is 23.0 Å². The van der Waals surface area contributed by atoms with Gasteiger partial charge in [-0.1, -0.05) is 0 Å². The number of hydrogen-bond acceptors (Lipinski definition) is 4. The van der Waals surface area contributed by atoms with Crippen LogP contribution in [0.4, 0.5) is 4.39 Å². The molecule has 2 heterocycles. The molecular weight excluding hydrogens is 241 g/mol. The molecule has 0 aromatic carbocycles. The summed E-state index contributed by atoms with van der Waals surface area (Å²) in [6.45, 7) is 1.56. The van der Waals surface area contributed by atoms with Gasteiger partial charge in [-0.05, 0) is 6.92 Å². The first-order valence-corrected chi connectivity index (χ1v) is 4.94. The van der Waals surface area contributed by atoms with Crippen LogP contribution in [0.1, 0.15) is 16.2 Å². The Morgan fingerprint density at radius 2 is 2.11 bits per heavy atom. The Morgan fingerprint density at radius 1 is 1.39 bits per heavy atom.